The zero-order valence-electron chi connectivity index (χ0n) is 18.2. The normalized spacial score (nSPS) is 12.6. The number of para-hydroxylation sites is 1. The summed E-state index contributed by atoms with van der Waals surface area (Å²) in [6.45, 7) is 0.746. The number of benzene rings is 3. The van der Waals surface area contributed by atoms with Gasteiger partial charge in [-0.2, -0.15) is 14.0 Å². The predicted octanol–water partition coefficient (Wildman–Crippen LogP) is 6.63. The highest BCUT2D eigenvalue weighted by molar-refractivity contribution is 5.79. The van der Waals surface area contributed by atoms with E-state index < -0.39 is 24.6 Å². The van der Waals surface area contributed by atoms with Gasteiger partial charge in [0.1, 0.15) is 23.3 Å². The second-order valence-electron chi connectivity index (χ2n) is 7.60. The van der Waals surface area contributed by atoms with Crippen molar-refractivity contribution in [3.05, 3.63) is 90.0 Å². The van der Waals surface area contributed by atoms with E-state index in [-0.39, 0.29) is 11.7 Å². The van der Waals surface area contributed by atoms with Crippen molar-refractivity contribution in [3.8, 4) is 23.3 Å². The summed E-state index contributed by atoms with van der Waals surface area (Å²) in [6.07, 6.45) is -1.14. The van der Waals surface area contributed by atoms with Gasteiger partial charge in [0.05, 0.1) is 5.92 Å². The molecule has 0 heterocycles. The quantitative estimate of drug-likeness (QED) is 0.342. The Morgan fingerprint density at radius 2 is 1.52 bits per heavy atom. The maximum Gasteiger partial charge on any atom is 0.387 e. The van der Waals surface area contributed by atoms with Crippen LogP contribution in [-0.2, 0) is 9.53 Å². The second-order valence-corrected chi connectivity index (χ2v) is 7.60. The van der Waals surface area contributed by atoms with Gasteiger partial charge in [-0.25, -0.2) is 0 Å². The molecule has 0 bridgehead atoms. The van der Waals surface area contributed by atoms with Gasteiger partial charge < -0.3 is 14.2 Å². The summed E-state index contributed by atoms with van der Waals surface area (Å²) >= 11 is 0. The third-order valence-electron chi connectivity index (χ3n) is 4.88. The number of nitriles is 1. The van der Waals surface area contributed by atoms with E-state index in [2.05, 4.69) is 4.74 Å². The minimum Gasteiger partial charge on any atom is -0.457 e. The van der Waals surface area contributed by atoms with Gasteiger partial charge in [0, 0.05) is 5.56 Å². The average molecular weight is 451 g/mol. The molecule has 3 aromatic rings. The molecule has 0 spiro atoms. The van der Waals surface area contributed by atoms with E-state index in [1.54, 1.807) is 48.5 Å². The molecular formula is C26H23F2NO4. The molecule has 1 unspecified atom stereocenters. The van der Waals surface area contributed by atoms with Crippen molar-refractivity contribution in [3.63, 3.8) is 0 Å². The third-order valence-corrected chi connectivity index (χ3v) is 4.88. The van der Waals surface area contributed by atoms with Gasteiger partial charge in [-0.15, -0.1) is 0 Å². The Balaban J connectivity index is 1.76. The number of carbonyl (C=O) groups is 1. The zero-order chi connectivity index (χ0) is 23.8. The summed E-state index contributed by atoms with van der Waals surface area (Å²) in [5.74, 6) is -0.302. The van der Waals surface area contributed by atoms with Gasteiger partial charge in [0.25, 0.3) is 0 Å². The van der Waals surface area contributed by atoms with Crippen LogP contribution in [0.3, 0.4) is 0 Å². The van der Waals surface area contributed by atoms with E-state index in [1.807, 2.05) is 38.1 Å². The topological polar surface area (TPSA) is 68.6 Å². The smallest absolute Gasteiger partial charge is 0.387 e. The number of hydrogen-bond acceptors (Lipinski definition) is 5. The van der Waals surface area contributed by atoms with Gasteiger partial charge in [0.2, 0.25) is 6.10 Å². The molecule has 0 radical (unpaired) electrons. The van der Waals surface area contributed by atoms with Gasteiger partial charge >= 0.3 is 12.6 Å². The van der Waals surface area contributed by atoms with Gasteiger partial charge in [-0.05, 0) is 47.9 Å². The highest BCUT2D eigenvalue weighted by Gasteiger charge is 2.29. The van der Waals surface area contributed by atoms with Gasteiger partial charge in [0.15, 0.2) is 0 Å². The number of halogens is 2. The number of ether oxygens (including phenoxy) is 3. The summed E-state index contributed by atoms with van der Waals surface area (Å²) in [5, 5.41) is 9.66. The second kappa shape index (κ2) is 11.1. The maximum atomic E-state index is 13.0. The molecule has 0 saturated carbocycles. The molecular weight excluding hydrogens is 428 g/mol. The summed E-state index contributed by atoms with van der Waals surface area (Å²) in [4.78, 5) is 13.0. The summed E-state index contributed by atoms with van der Waals surface area (Å²) < 4.78 is 40.5. The molecule has 0 aliphatic carbocycles. The first-order chi connectivity index (χ1) is 15.9. The van der Waals surface area contributed by atoms with Crippen LogP contribution in [0.25, 0.3) is 0 Å². The van der Waals surface area contributed by atoms with Crippen LogP contribution < -0.4 is 9.47 Å². The molecule has 0 N–H and O–H groups in total. The maximum absolute atomic E-state index is 13.0. The largest absolute Gasteiger partial charge is 0.457 e. The lowest BCUT2D eigenvalue weighted by Crippen LogP contribution is -2.22. The van der Waals surface area contributed by atoms with E-state index in [1.165, 1.54) is 12.1 Å². The van der Waals surface area contributed by atoms with Crippen LogP contribution in [0, 0.1) is 17.2 Å². The minimum absolute atomic E-state index is 0.00486. The van der Waals surface area contributed by atoms with Crippen molar-refractivity contribution < 1.29 is 27.8 Å². The van der Waals surface area contributed by atoms with Crippen molar-refractivity contribution in [2.24, 2.45) is 5.92 Å². The first-order valence-electron chi connectivity index (χ1n) is 10.3. The Hall–Kier alpha value is -3.92. The Morgan fingerprint density at radius 1 is 0.848 bits per heavy atom. The van der Waals surface area contributed by atoms with Crippen LogP contribution in [0.1, 0.15) is 37.0 Å². The fourth-order valence-electron chi connectivity index (χ4n) is 3.37. The fourth-order valence-corrected chi connectivity index (χ4v) is 3.37. The number of alkyl halides is 2. The zero-order valence-corrected chi connectivity index (χ0v) is 18.2. The molecule has 0 saturated heterocycles. The van der Waals surface area contributed by atoms with Crippen molar-refractivity contribution >= 4 is 5.97 Å². The third kappa shape index (κ3) is 6.53. The highest BCUT2D eigenvalue weighted by Crippen LogP contribution is 2.31. The molecule has 33 heavy (non-hydrogen) atoms. The van der Waals surface area contributed by atoms with Crippen LogP contribution in [-0.4, -0.2) is 12.6 Å². The van der Waals surface area contributed by atoms with Crippen molar-refractivity contribution in [2.45, 2.75) is 32.5 Å². The molecule has 0 aliphatic heterocycles. The lowest BCUT2D eigenvalue weighted by molar-refractivity contribution is -0.150. The van der Waals surface area contributed by atoms with E-state index in [0.717, 1.165) is 0 Å². The van der Waals surface area contributed by atoms with E-state index in [4.69, 9.17) is 9.47 Å². The average Bonchev–Trinajstić information content (AvgIpc) is 2.79. The fraction of sp³-hybridized carbons (Fsp3) is 0.231. The lowest BCUT2D eigenvalue weighted by Gasteiger charge is -2.22. The molecule has 0 fully saturated rings. The van der Waals surface area contributed by atoms with Crippen LogP contribution in [0.5, 0.6) is 17.2 Å². The Bertz CT molecular complexity index is 1100. The first-order valence-corrected chi connectivity index (χ1v) is 10.3. The molecule has 0 aromatic heterocycles. The van der Waals surface area contributed by atoms with Crippen LogP contribution in [0.4, 0.5) is 8.78 Å². The standard InChI is InChI=1S/C26H23F2NO4/c1-17(2)24(18-11-13-21(14-12-18)32-26(27)28)25(30)33-23(16-29)19-7-6-10-22(15-19)31-20-8-4-3-5-9-20/h3-15,17,23-24,26H,1-2H3/t23-,24?/m1/s1. The number of nitrogens with zero attached hydrogens (tertiary/aromatic N) is 1. The number of rotatable bonds is 9. The Kier molecular flexibility index (Phi) is 7.98. The Morgan fingerprint density at radius 3 is 2.12 bits per heavy atom. The van der Waals surface area contributed by atoms with Gasteiger partial charge in [-0.3, -0.25) is 4.79 Å². The van der Waals surface area contributed by atoms with Crippen molar-refractivity contribution in [2.75, 3.05) is 0 Å². The molecule has 0 amide bonds. The number of esters is 1. The van der Waals surface area contributed by atoms with E-state index >= 15 is 0 Å². The van der Waals surface area contributed by atoms with E-state index in [0.29, 0.717) is 22.6 Å². The summed E-state index contributed by atoms with van der Waals surface area (Å²) in [6, 6.07) is 23.8. The number of carbonyl (C=O) groups excluding carboxylic acids is 1. The van der Waals surface area contributed by atoms with Crippen molar-refractivity contribution in [1.82, 2.24) is 0 Å². The molecule has 5 nitrogen and oxygen atoms in total. The van der Waals surface area contributed by atoms with Crippen LogP contribution in [0.15, 0.2) is 78.9 Å². The van der Waals surface area contributed by atoms with Gasteiger partial charge in [-0.1, -0.05) is 56.3 Å². The molecule has 170 valence electrons. The first kappa shape index (κ1) is 23.7. The van der Waals surface area contributed by atoms with Crippen LogP contribution in [0.2, 0.25) is 0 Å². The monoisotopic (exact) mass is 451 g/mol. The number of hydrogen-bond donors (Lipinski definition) is 0. The van der Waals surface area contributed by atoms with Crippen LogP contribution >= 0.6 is 0 Å². The summed E-state index contributed by atoms with van der Waals surface area (Å²) in [5.41, 5.74) is 1.05. The summed E-state index contributed by atoms with van der Waals surface area (Å²) in [7, 11) is 0. The minimum atomic E-state index is -2.93. The highest BCUT2D eigenvalue weighted by atomic mass is 19.3. The van der Waals surface area contributed by atoms with Crippen molar-refractivity contribution in [1.29, 1.82) is 5.26 Å². The lowest BCUT2D eigenvalue weighted by atomic mass is 9.88. The molecule has 7 heteroatoms. The predicted molar refractivity (Wildman–Crippen MR) is 118 cm³/mol. The SMILES string of the molecule is CC(C)C(C(=O)O[C@H](C#N)c1cccc(Oc2ccccc2)c1)c1ccc(OC(F)F)cc1. The molecule has 2 atom stereocenters. The molecule has 0 aliphatic rings. The Labute approximate surface area is 191 Å². The molecule has 3 aromatic carbocycles. The van der Waals surface area contributed by atoms with E-state index in [9.17, 15) is 18.8 Å². The molecule has 3 rings (SSSR count).